The molecular formula is C12H17NO3. The molecule has 16 heavy (non-hydrogen) atoms. The minimum Gasteiger partial charge on any atom is -0.450 e. The first-order chi connectivity index (χ1) is 7.58. The van der Waals surface area contributed by atoms with E-state index in [1.54, 1.807) is 12.1 Å². The molecule has 1 aliphatic carbocycles. The van der Waals surface area contributed by atoms with Crippen LogP contribution in [-0.4, -0.2) is 23.8 Å². The Bertz CT molecular complexity index is 319. The van der Waals surface area contributed by atoms with Crippen LogP contribution in [0, 0.1) is 16.7 Å². The molecule has 0 aromatic carbocycles. The third-order valence-electron chi connectivity index (χ3n) is 2.97. The quantitative estimate of drug-likeness (QED) is 0.569. The molecule has 0 aromatic heterocycles. The monoisotopic (exact) mass is 223 g/mol. The van der Waals surface area contributed by atoms with Gasteiger partial charge < -0.3 is 9.84 Å². The van der Waals surface area contributed by atoms with Crippen molar-refractivity contribution in [2.75, 3.05) is 6.61 Å². The Morgan fingerprint density at radius 3 is 3.12 bits per heavy atom. The molecule has 4 nitrogen and oxygen atoms in total. The van der Waals surface area contributed by atoms with Crippen molar-refractivity contribution in [3.05, 3.63) is 12.2 Å². The van der Waals surface area contributed by atoms with Crippen molar-refractivity contribution < 1.29 is 14.6 Å². The highest BCUT2D eigenvalue weighted by atomic mass is 16.5. The van der Waals surface area contributed by atoms with E-state index in [-0.39, 0.29) is 12.6 Å². The maximum absolute atomic E-state index is 11.8. The van der Waals surface area contributed by atoms with E-state index in [9.17, 15) is 9.90 Å². The molecule has 88 valence electrons. The molecule has 1 aliphatic rings. The maximum Gasteiger partial charge on any atom is 0.312 e. The molecule has 0 saturated carbocycles. The number of aliphatic hydroxyl groups is 1. The third kappa shape index (κ3) is 3.35. The van der Waals surface area contributed by atoms with E-state index >= 15 is 0 Å². The van der Waals surface area contributed by atoms with Crippen molar-refractivity contribution in [1.29, 1.82) is 5.26 Å². The Balaban J connectivity index is 2.64. The van der Waals surface area contributed by atoms with E-state index in [1.807, 2.05) is 13.0 Å². The van der Waals surface area contributed by atoms with Gasteiger partial charge in [-0.15, -0.1) is 0 Å². The Morgan fingerprint density at radius 1 is 1.69 bits per heavy atom. The van der Waals surface area contributed by atoms with Crippen LogP contribution in [0.5, 0.6) is 0 Å². The number of nitriles is 1. The normalized spacial score (nSPS) is 31.9. The zero-order valence-electron chi connectivity index (χ0n) is 9.48. The number of hydrogen-bond donors (Lipinski definition) is 1. The van der Waals surface area contributed by atoms with Crippen molar-refractivity contribution in [2.45, 2.75) is 38.7 Å². The summed E-state index contributed by atoms with van der Waals surface area (Å²) in [5.41, 5.74) is -0.581. The van der Waals surface area contributed by atoms with Gasteiger partial charge >= 0.3 is 5.97 Å². The summed E-state index contributed by atoms with van der Waals surface area (Å²) in [5.74, 6) is -0.337. The van der Waals surface area contributed by atoms with E-state index in [4.69, 9.17) is 10.00 Å². The minimum atomic E-state index is -0.581. The van der Waals surface area contributed by atoms with Crippen LogP contribution in [0.25, 0.3) is 0 Å². The van der Waals surface area contributed by atoms with E-state index in [1.165, 1.54) is 0 Å². The highest BCUT2D eigenvalue weighted by Crippen LogP contribution is 2.33. The number of aliphatic hydroxyl groups excluding tert-OH is 1. The van der Waals surface area contributed by atoms with Crippen molar-refractivity contribution >= 4 is 5.97 Å². The fourth-order valence-corrected chi connectivity index (χ4v) is 1.82. The summed E-state index contributed by atoms with van der Waals surface area (Å²) >= 11 is 0. The predicted molar refractivity (Wildman–Crippen MR) is 58.3 cm³/mol. The smallest absolute Gasteiger partial charge is 0.312 e. The van der Waals surface area contributed by atoms with Gasteiger partial charge in [0.2, 0.25) is 0 Å². The molecule has 0 bridgehead atoms. The molecule has 2 atom stereocenters. The van der Waals surface area contributed by atoms with Crippen LogP contribution in [0.2, 0.25) is 0 Å². The van der Waals surface area contributed by atoms with Crippen LogP contribution in [0.15, 0.2) is 12.2 Å². The lowest BCUT2D eigenvalue weighted by molar-refractivity contribution is -0.154. The molecule has 0 aliphatic heterocycles. The SMILES string of the molecule is C[C@@]1(C(=O)OCC#N)CC/C=C/[C@H](O)CC1. The van der Waals surface area contributed by atoms with Gasteiger partial charge in [0, 0.05) is 0 Å². The van der Waals surface area contributed by atoms with Crippen LogP contribution >= 0.6 is 0 Å². The summed E-state index contributed by atoms with van der Waals surface area (Å²) in [4.78, 5) is 11.8. The maximum atomic E-state index is 11.8. The van der Waals surface area contributed by atoms with Crippen LogP contribution in [0.3, 0.4) is 0 Å². The van der Waals surface area contributed by atoms with Crippen molar-refractivity contribution in [2.24, 2.45) is 5.41 Å². The van der Waals surface area contributed by atoms with E-state index in [0.717, 1.165) is 6.42 Å². The van der Waals surface area contributed by atoms with Crippen LogP contribution in [0.1, 0.15) is 32.6 Å². The molecule has 0 spiro atoms. The Kier molecular flexibility index (Phi) is 4.51. The lowest BCUT2D eigenvalue weighted by atomic mass is 9.79. The fraction of sp³-hybridized carbons (Fsp3) is 0.667. The second-order valence-electron chi connectivity index (χ2n) is 4.37. The molecule has 1 N–H and O–H groups in total. The van der Waals surface area contributed by atoms with Gasteiger partial charge in [0.05, 0.1) is 11.5 Å². The predicted octanol–water partition coefficient (Wildman–Crippen LogP) is 1.55. The number of esters is 1. The van der Waals surface area contributed by atoms with Gasteiger partial charge in [-0.25, -0.2) is 0 Å². The Hall–Kier alpha value is -1.34. The highest BCUT2D eigenvalue weighted by Gasteiger charge is 2.34. The van der Waals surface area contributed by atoms with Gasteiger partial charge in [-0.2, -0.15) is 5.26 Å². The molecule has 1 rings (SSSR count). The van der Waals surface area contributed by atoms with Crippen molar-refractivity contribution in [1.82, 2.24) is 0 Å². The lowest BCUT2D eigenvalue weighted by Gasteiger charge is -2.28. The second-order valence-corrected chi connectivity index (χ2v) is 4.37. The molecule has 0 amide bonds. The fourth-order valence-electron chi connectivity index (χ4n) is 1.82. The Labute approximate surface area is 95.5 Å². The number of allylic oxidation sites excluding steroid dienone is 1. The van der Waals surface area contributed by atoms with Gasteiger partial charge in [-0.3, -0.25) is 4.79 Å². The van der Waals surface area contributed by atoms with Gasteiger partial charge in [0.1, 0.15) is 6.07 Å². The summed E-state index contributed by atoms with van der Waals surface area (Å²) in [6.07, 6.45) is 5.75. The zero-order chi connectivity index (χ0) is 12.0. The first-order valence-corrected chi connectivity index (χ1v) is 5.47. The lowest BCUT2D eigenvalue weighted by Crippen LogP contribution is -2.31. The largest absolute Gasteiger partial charge is 0.450 e. The summed E-state index contributed by atoms with van der Waals surface area (Å²) in [5, 5.41) is 17.9. The van der Waals surface area contributed by atoms with Crippen LogP contribution < -0.4 is 0 Å². The van der Waals surface area contributed by atoms with Gasteiger partial charge in [-0.05, 0) is 32.6 Å². The Morgan fingerprint density at radius 2 is 2.44 bits per heavy atom. The number of rotatable bonds is 2. The summed E-state index contributed by atoms with van der Waals surface area (Å²) in [6.45, 7) is 1.63. The van der Waals surface area contributed by atoms with E-state index in [0.29, 0.717) is 19.3 Å². The van der Waals surface area contributed by atoms with E-state index < -0.39 is 11.5 Å². The number of carbonyl (C=O) groups excluding carboxylic acids is 1. The average molecular weight is 223 g/mol. The van der Waals surface area contributed by atoms with Crippen LogP contribution in [0.4, 0.5) is 0 Å². The van der Waals surface area contributed by atoms with Gasteiger partial charge in [-0.1, -0.05) is 12.2 Å². The average Bonchev–Trinajstić information content (AvgIpc) is 2.26. The number of ether oxygens (including phenoxy) is 1. The first kappa shape index (κ1) is 12.7. The highest BCUT2D eigenvalue weighted by molar-refractivity contribution is 5.76. The molecule has 0 radical (unpaired) electrons. The topological polar surface area (TPSA) is 70.3 Å². The minimum absolute atomic E-state index is 0.202. The zero-order valence-corrected chi connectivity index (χ0v) is 9.48. The number of nitrogens with zero attached hydrogens (tertiary/aromatic N) is 1. The second kappa shape index (κ2) is 5.66. The summed E-state index contributed by atoms with van der Waals surface area (Å²) in [7, 11) is 0. The van der Waals surface area contributed by atoms with E-state index in [2.05, 4.69) is 0 Å². The standard InChI is InChI=1S/C12H17NO3/c1-12(11(15)16-9-8-13)6-3-2-4-10(14)5-7-12/h2,4,10,14H,3,5-7,9H2,1H3/b4-2+/t10-,12+/m0/s1. The molecule has 0 heterocycles. The molecule has 0 fully saturated rings. The molecule has 0 unspecified atom stereocenters. The first-order valence-electron chi connectivity index (χ1n) is 5.47. The molecule has 0 saturated heterocycles. The number of hydrogen-bond acceptors (Lipinski definition) is 4. The summed E-state index contributed by atoms with van der Waals surface area (Å²) in [6, 6.07) is 1.79. The third-order valence-corrected chi connectivity index (χ3v) is 2.97. The van der Waals surface area contributed by atoms with Crippen LogP contribution in [-0.2, 0) is 9.53 Å². The number of carbonyl (C=O) groups is 1. The molecular weight excluding hydrogens is 206 g/mol. The van der Waals surface area contributed by atoms with Crippen molar-refractivity contribution in [3.8, 4) is 6.07 Å². The van der Waals surface area contributed by atoms with Gasteiger partial charge in [0.15, 0.2) is 6.61 Å². The van der Waals surface area contributed by atoms with Crippen molar-refractivity contribution in [3.63, 3.8) is 0 Å². The molecule has 0 aromatic rings. The molecule has 4 heteroatoms. The summed E-state index contributed by atoms with van der Waals surface area (Å²) < 4.78 is 4.86. The van der Waals surface area contributed by atoms with Gasteiger partial charge in [0.25, 0.3) is 0 Å².